The molecule has 1 aliphatic rings. The van der Waals surface area contributed by atoms with E-state index in [1.165, 1.54) is 44.3 Å². The summed E-state index contributed by atoms with van der Waals surface area (Å²) in [4.78, 5) is 126. The summed E-state index contributed by atoms with van der Waals surface area (Å²) in [5, 5.41) is 46.0. The summed E-state index contributed by atoms with van der Waals surface area (Å²) in [5.41, 5.74) is 7.74. The SMILES string of the molecule is CCc1ccccc1CCC(=O)N[C@@H]1C(=O)N(C)/C(=C/c2ccc(O)cc2)C(=O)N[C@@H](CC(C)C)C(=O)N[C@H](Cc2ccccc2)C(=O)N[C@@H]([C@H](C)O)C(=O)N[C@@H](CC(N)=O)C(=O)N[C@@H](CO)C(=O)O[C@@H]1C. The molecule has 21 heteroatoms. The monoisotopic (exact) mass is 998 g/mol. The number of aromatic hydroxyl groups is 1. The van der Waals surface area contributed by atoms with Gasteiger partial charge in [0.1, 0.15) is 47.8 Å². The highest BCUT2D eigenvalue weighted by atomic mass is 16.5. The lowest BCUT2D eigenvalue weighted by Crippen LogP contribution is -2.62. The van der Waals surface area contributed by atoms with Crippen molar-refractivity contribution >= 4 is 59.3 Å². The number of likely N-dealkylation sites (N-methyl/N-ethyl adjacent to an activating group) is 1. The Labute approximate surface area is 417 Å². The van der Waals surface area contributed by atoms with Gasteiger partial charge in [-0.05, 0) is 79.5 Å². The molecule has 4 rings (SSSR count). The number of phenolic OH excluding ortho intramolecular Hbond substituents is 1. The summed E-state index contributed by atoms with van der Waals surface area (Å²) in [6.45, 7) is 6.78. The molecule has 21 nitrogen and oxygen atoms in total. The van der Waals surface area contributed by atoms with Crippen LogP contribution in [0.1, 0.15) is 76.1 Å². The summed E-state index contributed by atoms with van der Waals surface area (Å²) in [6.07, 6.45) is -2.23. The van der Waals surface area contributed by atoms with Crippen LogP contribution in [0.15, 0.2) is 84.6 Å². The molecule has 0 saturated carbocycles. The van der Waals surface area contributed by atoms with Gasteiger partial charge < -0.3 is 62.6 Å². The van der Waals surface area contributed by atoms with Gasteiger partial charge in [0.25, 0.3) is 11.8 Å². The number of cyclic esters (lactones) is 1. The van der Waals surface area contributed by atoms with Crippen molar-refractivity contribution < 1.29 is 63.2 Å². The largest absolute Gasteiger partial charge is 0.508 e. The lowest BCUT2D eigenvalue weighted by atomic mass is 10.00. The summed E-state index contributed by atoms with van der Waals surface area (Å²) in [5.74, 6) is -9.76. The second-order valence-corrected chi connectivity index (χ2v) is 17.9. The Morgan fingerprint density at radius 3 is 1.96 bits per heavy atom. The number of primary amides is 1. The van der Waals surface area contributed by atoms with Crippen LogP contribution >= 0.6 is 0 Å². The van der Waals surface area contributed by atoms with Crippen molar-refractivity contribution in [2.75, 3.05) is 13.7 Å². The van der Waals surface area contributed by atoms with E-state index >= 15 is 0 Å². The minimum atomic E-state index is -1.91. The molecule has 1 heterocycles. The maximum absolute atomic E-state index is 14.9. The van der Waals surface area contributed by atoms with Gasteiger partial charge in [0.2, 0.25) is 35.4 Å². The van der Waals surface area contributed by atoms with Crippen molar-refractivity contribution in [3.63, 3.8) is 0 Å². The number of carbonyl (C=O) groups is 9. The average molecular weight is 999 g/mol. The van der Waals surface area contributed by atoms with Gasteiger partial charge in [-0.15, -0.1) is 0 Å². The van der Waals surface area contributed by atoms with Crippen molar-refractivity contribution in [3.8, 4) is 5.75 Å². The number of esters is 1. The average Bonchev–Trinajstić information content (AvgIpc) is 3.33. The van der Waals surface area contributed by atoms with E-state index in [0.717, 1.165) is 23.0 Å². The number of nitrogens with two attached hydrogens (primary N) is 1. The fourth-order valence-electron chi connectivity index (χ4n) is 7.77. The first-order valence-corrected chi connectivity index (χ1v) is 23.6. The lowest BCUT2D eigenvalue weighted by Gasteiger charge is -2.31. The first-order chi connectivity index (χ1) is 34.1. The third kappa shape index (κ3) is 16.8. The van der Waals surface area contributed by atoms with Crippen LogP contribution in [0.2, 0.25) is 0 Å². The van der Waals surface area contributed by atoms with Gasteiger partial charge in [0.15, 0.2) is 6.04 Å². The number of carbonyl (C=O) groups excluding carboxylic acids is 9. The van der Waals surface area contributed by atoms with Crippen LogP contribution in [0.4, 0.5) is 0 Å². The molecule has 0 aliphatic carbocycles. The molecule has 388 valence electrons. The number of hydrogen-bond donors (Lipinski definition) is 10. The highest BCUT2D eigenvalue weighted by molar-refractivity contribution is 6.05. The first-order valence-electron chi connectivity index (χ1n) is 23.6. The zero-order valence-corrected chi connectivity index (χ0v) is 41.2. The smallest absolute Gasteiger partial charge is 0.331 e. The van der Waals surface area contributed by atoms with Gasteiger partial charge in [-0.25, -0.2) is 4.79 Å². The van der Waals surface area contributed by atoms with E-state index in [4.69, 9.17) is 10.5 Å². The van der Waals surface area contributed by atoms with Crippen LogP contribution < -0.4 is 37.6 Å². The molecule has 0 unspecified atom stereocenters. The molecule has 0 radical (unpaired) electrons. The number of nitrogens with one attached hydrogen (secondary N) is 6. The normalized spacial score (nSPS) is 23.3. The van der Waals surface area contributed by atoms with Crippen LogP contribution in [-0.2, 0) is 67.2 Å². The molecular formula is C51H66N8O13. The maximum atomic E-state index is 14.9. The van der Waals surface area contributed by atoms with E-state index in [9.17, 15) is 58.5 Å². The fourth-order valence-corrected chi connectivity index (χ4v) is 7.77. The molecule has 0 spiro atoms. The number of phenols is 1. The van der Waals surface area contributed by atoms with E-state index in [0.29, 0.717) is 17.5 Å². The topological polar surface area (TPSA) is 325 Å². The van der Waals surface area contributed by atoms with Gasteiger partial charge in [-0.2, -0.15) is 0 Å². The molecule has 3 aromatic rings. The lowest BCUT2D eigenvalue weighted by molar-refractivity contribution is -0.158. The Morgan fingerprint density at radius 1 is 0.778 bits per heavy atom. The number of amides is 8. The number of ether oxygens (including phenoxy) is 1. The first kappa shape index (κ1) is 56.9. The van der Waals surface area contributed by atoms with Gasteiger partial charge in [0, 0.05) is 19.9 Å². The summed E-state index contributed by atoms with van der Waals surface area (Å²) in [7, 11) is 1.21. The Kier molecular flexibility index (Phi) is 21.4. The van der Waals surface area contributed by atoms with Crippen LogP contribution in [0.3, 0.4) is 0 Å². The van der Waals surface area contributed by atoms with E-state index in [2.05, 4.69) is 31.9 Å². The maximum Gasteiger partial charge on any atom is 0.331 e. The second-order valence-electron chi connectivity index (χ2n) is 17.9. The quantitative estimate of drug-likeness (QED) is 0.0739. The van der Waals surface area contributed by atoms with Crippen LogP contribution in [-0.4, -0.2) is 136 Å². The third-order valence-corrected chi connectivity index (χ3v) is 11.7. The molecule has 8 amide bonds. The van der Waals surface area contributed by atoms with Crippen molar-refractivity contribution in [1.82, 2.24) is 36.8 Å². The Hall–Kier alpha value is -7.65. The van der Waals surface area contributed by atoms with Gasteiger partial charge in [0.05, 0.1) is 19.1 Å². The van der Waals surface area contributed by atoms with Gasteiger partial charge in [-0.1, -0.05) is 87.5 Å². The summed E-state index contributed by atoms with van der Waals surface area (Å²) in [6, 6.07) is 11.2. The molecule has 3 aromatic carbocycles. The number of rotatable bonds is 14. The molecule has 0 aromatic heterocycles. The van der Waals surface area contributed by atoms with Crippen molar-refractivity contribution in [2.24, 2.45) is 11.7 Å². The third-order valence-electron chi connectivity index (χ3n) is 11.7. The number of aliphatic hydroxyl groups is 2. The second kappa shape index (κ2) is 27.1. The Bertz CT molecular complexity index is 2450. The fraction of sp³-hybridized carbons (Fsp3) is 0.431. The predicted molar refractivity (Wildman–Crippen MR) is 262 cm³/mol. The van der Waals surface area contributed by atoms with Crippen molar-refractivity contribution in [1.29, 1.82) is 0 Å². The molecule has 8 atom stereocenters. The van der Waals surface area contributed by atoms with E-state index < -0.39 is 120 Å². The van der Waals surface area contributed by atoms with E-state index in [1.54, 1.807) is 44.2 Å². The standard InChI is InChI=1S/C51H66N8O13/c1-7-33-15-11-12-16-34(33)19-22-42(64)57-44-30(5)72-51(71)39(27-60)56-46(66)38(26-41(52)63)55-49(69)43(29(4)61)58-47(67)37(24-31-13-9-8-10-14-31)53-45(65)36(23-28(2)3)54-48(68)40(59(6)50(44)70)25-32-17-20-35(62)21-18-32/h8-18,20-21,25,28-30,36-39,43-44,60-62H,7,19,22-24,26-27H2,1-6H3,(H2,52,63)(H,53,65)(H,54,68)(H,55,69)(H,56,66)(H,57,64)(H,58,67)/b40-25+/t29-,30+,36-,37+,38-,39-,43-,44-/m0/s1. The molecule has 1 aliphatic heterocycles. The van der Waals surface area contributed by atoms with Crippen LogP contribution in [0.5, 0.6) is 5.75 Å². The number of benzene rings is 3. The van der Waals surface area contributed by atoms with Crippen LogP contribution in [0, 0.1) is 5.92 Å². The zero-order chi connectivity index (χ0) is 53.2. The van der Waals surface area contributed by atoms with Crippen LogP contribution in [0.25, 0.3) is 6.08 Å². The molecule has 11 N–H and O–H groups in total. The van der Waals surface area contributed by atoms with Crippen molar-refractivity contribution in [2.45, 2.75) is 122 Å². The zero-order valence-electron chi connectivity index (χ0n) is 41.2. The number of aryl methyl sites for hydroxylation is 2. The van der Waals surface area contributed by atoms with E-state index in [1.807, 2.05) is 31.2 Å². The Morgan fingerprint density at radius 2 is 1.36 bits per heavy atom. The van der Waals surface area contributed by atoms with Crippen molar-refractivity contribution in [3.05, 3.63) is 107 Å². The van der Waals surface area contributed by atoms with Gasteiger partial charge >= 0.3 is 5.97 Å². The minimum absolute atomic E-state index is 0.0116. The molecular weight excluding hydrogens is 933 g/mol. The molecule has 1 saturated heterocycles. The molecule has 1 fully saturated rings. The molecule has 72 heavy (non-hydrogen) atoms. The minimum Gasteiger partial charge on any atom is -0.508 e. The highest BCUT2D eigenvalue weighted by Gasteiger charge is 2.39. The number of nitrogens with zero attached hydrogens (tertiary/aromatic N) is 1. The predicted octanol–water partition coefficient (Wildman–Crippen LogP) is -0.222. The van der Waals surface area contributed by atoms with E-state index in [-0.39, 0.29) is 37.4 Å². The number of aliphatic hydroxyl groups excluding tert-OH is 2. The summed E-state index contributed by atoms with van der Waals surface area (Å²) < 4.78 is 5.63. The molecule has 0 bridgehead atoms. The summed E-state index contributed by atoms with van der Waals surface area (Å²) >= 11 is 0. The number of hydrogen-bond acceptors (Lipinski definition) is 13. The van der Waals surface area contributed by atoms with Gasteiger partial charge in [-0.3, -0.25) is 38.4 Å². The highest BCUT2D eigenvalue weighted by Crippen LogP contribution is 2.19. The Balaban J connectivity index is 1.89.